The second kappa shape index (κ2) is 5.79. The molecule has 2 atom stereocenters. The van der Waals surface area contributed by atoms with Gasteiger partial charge in [-0.05, 0) is 44.7 Å². The van der Waals surface area contributed by atoms with E-state index in [0.29, 0.717) is 12.0 Å². The standard InChI is InChI=1S/C15H21F2N/c1-10(12-6-3-4-7-12)18-11(2)15-13(16)8-5-9-14(15)17/h5,8-12,18H,3-4,6-7H2,1-2H3/t10-,11?/m1/s1. The number of halogens is 2. The molecule has 0 radical (unpaired) electrons. The minimum absolute atomic E-state index is 0.155. The topological polar surface area (TPSA) is 12.0 Å². The maximum Gasteiger partial charge on any atom is 0.130 e. The number of hydrogen-bond donors (Lipinski definition) is 1. The normalized spacial score (nSPS) is 20.0. The van der Waals surface area contributed by atoms with Crippen molar-refractivity contribution in [2.45, 2.75) is 51.6 Å². The monoisotopic (exact) mass is 253 g/mol. The van der Waals surface area contributed by atoms with Gasteiger partial charge in [-0.25, -0.2) is 8.78 Å². The Morgan fingerprint density at radius 2 is 1.67 bits per heavy atom. The molecule has 0 spiro atoms. The zero-order chi connectivity index (χ0) is 13.1. The first-order valence-corrected chi connectivity index (χ1v) is 6.79. The highest BCUT2D eigenvalue weighted by atomic mass is 19.1. The minimum atomic E-state index is -0.464. The lowest BCUT2D eigenvalue weighted by Gasteiger charge is -2.25. The van der Waals surface area contributed by atoms with Crippen LogP contribution in [-0.4, -0.2) is 6.04 Å². The molecular weight excluding hydrogens is 232 g/mol. The van der Waals surface area contributed by atoms with E-state index >= 15 is 0 Å². The third-order valence-electron chi connectivity index (χ3n) is 4.05. The van der Waals surface area contributed by atoms with Gasteiger partial charge in [0.05, 0.1) is 0 Å². The summed E-state index contributed by atoms with van der Waals surface area (Å²) in [4.78, 5) is 0. The van der Waals surface area contributed by atoms with Crippen LogP contribution in [0.5, 0.6) is 0 Å². The molecular formula is C15H21F2N. The lowest BCUT2D eigenvalue weighted by atomic mass is 9.97. The second-order valence-electron chi connectivity index (χ2n) is 5.36. The molecule has 1 saturated carbocycles. The fourth-order valence-corrected chi connectivity index (χ4v) is 3.00. The Bertz CT molecular complexity index is 379. The van der Waals surface area contributed by atoms with E-state index in [1.54, 1.807) is 0 Å². The van der Waals surface area contributed by atoms with Crippen LogP contribution in [0.1, 0.15) is 51.1 Å². The van der Waals surface area contributed by atoms with E-state index in [1.807, 2.05) is 6.92 Å². The molecule has 2 rings (SSSR count). The molecule has 1 fully saturated rings. The molecule has 0 saturated heterocycles. The van der Waals surface area contributed by atoms with Gasteiger partial charge in [-0.3, -0.25) is 0 Å². The fraction of sp³-hybridized carbons (Fsp3) is 0.600. The molecule has 0 bridgehead atoms. The minimum Gasteiger partial charge on any atom is -0.307 e. The number of rotatable bonds is 4. The maximum absolute atomic E-state index is 13.6. The Morgan fingerprint density at radius 1 is 1.11 bits per heavy atom. The van der Waals surface area contributed by atoms with E-state index in [4.69, 9.17) is 0 Å². The molecule has 18 heavy (non-hydrogen) atoms. The van der Waals surface area contributed by atoms with Gasteiger partial charge < -0.3 is 5.32 Å². The predicted molar refractivity (Wildman–Crippen MR) is 69.3 cm³/mol. The first kappa shape index (κ1) is 13.5. The van der Waals surface area contributed by atoms with Crippen molar-refractivity contribution in [3.63, 3.8) is 0 Å². The predicted octanol–water partition coefficient (Wildman–Crippen LogP) is 4.19. The van der Waals surface area contributed by atoms with Crippen molar-refractivity contribution in [1.82, 2.24) is 5.32 Å². The van der Waals surface area contributed by atoms with Crippen LogP contribution in [0.25, 0.3) is 0 Å². The highest BCUT2D eigenvalue weighted by molar-refractivity contribution is 5.22. The van der Waals surface area contributed by atoms with Crippen molar-refractivity contribution in [3.05, 3.63) is 35.4 Å². The molecule has 1 aromatic rings. The summed E-state index contributed by atoms with van der Waals surface area (Å²) >= 11 is 0. The van der Waals surface area contributed by atoms with Crippen molar-refractivity contribution in [2.75, 3.05) is 0 Å². The molecule has 0 aliphatic heterocycles. The van der Waals surface area contributed by atoms with Crippen LogP contribution in [0, 0.1) is 17.6 Å². The van der Waals surface area contributed by atoms with E-state index in [1.165, 1.54) is 43.9 Å². The zero-order valence-corrected chi connectivity index (χ0v) is 11.0. The lowest BCUT2D eigenvalue weighted by Crippen LogP contribution is -2.35. The highest BCUT2D eigenvalue weighted by Crippen LogP contribution is 2.29. The Balaban J connectivity index is 2.04. The average Bonchev–Trinajstić information content (AvgIpc) is 2.81. The van der Waals surface area contributed by atoms with Gasteiger partial charge in [0.25, 0.3) is 0 Å². The summed E-state index contributed by atoms with van der Waals surface area (Å²) in [7, 11) is 0. The van der Waals surface area contributed by atoms with Crippen molar-refractivity contribution in [3.8, 4) is 0 Å². The Morgan fingerprint density at radius 3 is 2.22 bits per heavy atom. The summed E-state index contributed by atoms with van der Waals surface area (Å²) in [6, 6.07) is 4.05. The average molecular weight is 253 g/mol. The number of nitrogens with one attached hydrogen (secondary N) is 1. The highest BCUT2D eigenvalue weighted by Gasteiger charge is 2.24. The van der Waals surface area contributed by atoms with Crippen LogP contribution in [0.15, 0.2) is 18.2 Å². The Labute approximate surface area is 108 Å². The molecule has 1 aromatic carbocycles. The molecule has 0 heterocycles. The third kappa shape index (κ3) is 2.89. The number of hydrogen-bond acceptors (Lipinski definition) is 1. The first-order chi connectivity index (χ1) is 8.59. The van der Waals surface area contributed by atoms with Crippen molar-refractivity contribution >= 4 is 0 Å². The maximum atomic E-state index is 13.6. The van der Waals surface area contributed by atoms with Crippen molar-refractivity contribution < 1.29 is 8.78 Å². The molecule has 1 unspecified atom stereocenters. The van der Waals surface area contributed by atoms with E-state index < -0.39 is 11.6 Å². The summed E-state index contributed by atoms with van der Waals surface area (Å²) in [6.45, 7) is 3.94. The van der Waals surface area contributed by atoms with E-state index in [9.17, 15) is 8.78 Å². The molecule has 0 amide bonds. The molecule has 0 aromatic heterocycles. The van der Waals surface area contributed by atoms with Gasteiger partial charge in [0, 0.05) is 17.6 Å². The van der Waals surface area contributed by atoms with E-state index in [-0.39, 0.29) is 11.6 Å². The quantitative estimate of drug-likeness (QED) is 0.848. The smallest absolute Gasteiger partial charge is 0.130 e. The van der Waals surface area contributed by atoms with Crippen molar-refractivity contribution in [2.24, 2.45) is 5.92 Å². The van der Waals surface area contributed by atoms with Crippen LogP contribution in [0.3, 0.4) is 0 Å². The van der Waals surface area contributed by atoms with Crippen LogP contribution in [-0.2, 0) is 0 Å². The van der Waals surface area contributed by atoms with Crippen LogP contribution >= 0.6 is 0 Å². The van der Waals surface area contributed by atoms with E-state index in [0.717, 1.165) is 0 Å². The first-order valence-electron chi connectivity index (χ1n) is 6.79. The number of benzene rings is 1. The van der Waals surface area contributed by atoms with Gasteiger partial charge in [0.1, 0.15) is 11.6 Å². The van der Waals surface area contributed by atoms with E-state index in [2.05, 4.69) is 12.2 Å². The largest absolute Gasteiger partial charge is 0.307 e. The molecule has 1 nitrogen and oxygen atoms in total. The summed E-state index contributed by atoms with van der Waals surface area (Å²) in [5.41, 5.74) is 0.155. The van der Waals surface area contributed by atoms with Gasteiger partial charge in [-0.2, -0.15) is 0 Å². The van der Waals surface area contributed by atoms with Crippen LogP contribution in [0.2, 0.25) is 0 Å². The zero-order valence-electron chi connectivity index (χ0n) is 11.0. The fourth-order valence-electron chi connectivity index (χ4n) is 3.00. The SMILES string of the molecule is CC(N[C@H](C)C1CCCC1)c1c(F)cccc1F. The lowest BCUT2D eigenvalue weighted by molar-refractivity contribution is 0.343. The van der Waals surface area contributed by atoms with Gasteiger partial charge in [0.15, 0.2) is 0 Å². The summed E-state index contributed by atoms with van der Waals surface area (Å²) in [5.74, 6) is -0.287. The summed E-state index contributed by atoms with van der Waals surface area (Å²) in [6.07, 6.45) is 5.00. The van der Waals surface area contributed by atoms with Crippen molar-refractivity contribution in [1.29, 1.82) is 0 Å². The van der Waals surface area contributed by atoms with Gasteiger partial charge in [-0.1, -0.05) is 18.9 Å². The summed E-state index contributed by atoms with van der Waals surface area (Å²) < 4.78 is 27.3. The van der Waals surface area contributed by atoms with Crippen LogP contribution in [0.4, 0.5) is 8.78 Å². The summed E-state index contributed by atoms with van der Waals surface area (Å²) in [5, 5.41) is 3.34. The van der Waals surface area contributed by atoms with Gasteiger partial charge >= 0.3 is 0 Å². The Hall–Kier alpha value is -0.960. The molecule has 3 heteroatoms. The Kier molecular flexibility index (Phi) is 4.33. The van der Waals surface area contributed by atoms with Crippen LogP contribution < -0.4 is 5.32 Å². The van der Waals surface area contributed by atoms with Gasteiger partial charge in [0.2, 0.25) is 0 Å². The molecule has 1 aliphatic rings. The second-order valence-corrected chi connectivity index (χ2v) is 5.36. The molecule has 1 aliphatic carbocycles. The molecule has 1 N–H and O–H groups in total. The van der Waals surface area contributed by atoms with Gasteiger partial charge in [-0.15, -0.1) is 0 Å². The molecule has 100 valence electrons. The third-order valence-corrected chi connectivity index (χ3v) is 4.05.